The van der Waals surface area contributed by atoms with Crippen LogP contribution in [0.1, 0.15) is 13.3 Å². The Morgan fingerprint density at radius 2 is 1.81 bits per heavy atom. The van der Waals surface area contributed by atoms with Crippen LogP contribution in [-0.2, 0) is 14.8 Å². The van der Waals surface area contributed by atoms with Crippen molar-refractivity contribution in [1.82, 2.24) is 9.21 Å². The Morgan fingerprint density at radius 1 is 1.31 bits per heavy atom. The molecular weight excluding hydrogens is 230 g/mol. The van der Waals surface area contributed by atoms with E-state index in [0.29, 0.717) is 32.6 Å². The molecule has 0 aromatic carbocycles. The van der Waals surface area contributed by atoms with Crippen molar-refractivity contribution in [1.29, 1.82) is 0 Å². The Morgan fingerprint density at radius 3 is 2.12 bits per heavy atom. The van der Waals surface area contributed by atoms with Gasteiger partial charge in [-0.15, -0.1) is 0 Å². The fourth-order valence-electron chi connectivity index (χ4n) is 1.99. The highest BCUT2D eigenvalue weighted by molar-refractivity contribution is 7.88. The lowest BCUT2D eigenvalue weighted by atomic mass is 10.1. The molecule has 1 amide bonds. The van der Waals surface area contributed by atoms with Crippen molar-refractivity contribution in [2.24, 2.45) is 5.73 Å². The molecule has 1 aliphatic heterocycles. The number of piperazine rings is 1. The monoisotopic (exact) mass is 249 g/mol. The lowest BCUT2D eigenvalue weighted by Gasteiger charge is -2.36. The van der Waals surface area contributed by atoms with Crippen LogP contribution in [0.2, 0.25) is 0 Å². The minimum absolute atomic E-state index is 0.276. The molecule has 0 aliphatic carbocycles. The van der Waals surface area contributed by atoms with Crippen LogP contribution >= 0.6 is 0 Å². The molecule has 16 heavy (non-hydrogen) atoms. The number of carbonyl (C=O) groups is 1. The van der Waals surface area contributed by atoms with Gasteiger partial charge in [-0.1, -0.05) is 6.92 Å². The van der Waals surface area contributed by atoms with E-state index in [1.165, 1.54) is 10.6 Å². The molecule has 94 valence electrons. The lowest BCUT2D eigenvalue weighted by Crippen LogP contribution is -2.54. The first kappa shape index (κ1) is 13.4. The second-order valence-electron chi connectivity index (χ2n) is 4.02. The summed E-state index contributed by atoms with van der Waals surface area (Å²) in [6.07, 6.45) is 1.86. The number of amides is 1. The van der Waals surface area contributed by atoms with Crippen molar-refractivity contribution < 1.29 is 13.2 Å². The smallest absolute Gasteiger partial charge is 0.234 e. The zero-order valence-corrected chi connectivity index (χ0v) is 10.5. The highest BCUT2D eigenvalue weighted by Gasteiger charge is 2.29. The Hall–Kier alpha value is -0.660. The van der Waals surface area contributed by atoms with Crippen molar-refractivity contribution in [3.63, 3.8) is 0 Å². The van der Waals surface area contributed by atoms with Crippen LogP contribution in [-0.4, -0.2) is 62.0 Å². The topological polar surface area (TPSA) is 83.7 Å². The van der Waals surface area contributed by atoms with E-state index in [-0.39, 0.29) is 11.9 Å². The minimum Gasteiger partial charge on any atom is -0.368 e. The summed E-state index contributed by atoms with van der Waals surface area (Å²) < 4.78 is 24.0. The van der Waals surface area contributed by atoms with Crippen LogP contribution in [0, 0.1) is 0 Å². The number of nitrogens with two attached hydrogens (primary N) is 1. The van der Waals surface area contributed by atoms with Gasteiger partial charge in [0.05, 0.1) is 12.3 Å². The van der Waals surface area contributed by atoms with Gasteiger partial charge in [0.2, 0.25) is 15.9 Å². The van der Waals surface area contributed by atoms with Crippen molar-refractivity contribution in [3.8, 4) is 0 Å². The summed E-state index contributed by atoms with van der Waals surface area (Å²) in [5, 5.41) is 0. The van der Waals surface area contributed by atoms with Crippen LogP contribution in [0.5, 0.6) is 0 Å². The first-order chi connectivity index (χ1) is 7.36. The van der Waals surface area contributed by atoms with E-state index in [2.05, 4.69) is 0 Å². The molecule has 1 atom stereocenters. The lowest BCUT2D eigenvalue weighted by molar-refractivity contribution is -0.123. The maximum Gasteiger partial charge on any atom is 0.234 e. The van der Waals surface area contributed by atoms with E-state index in [1.54, 1.807) is 0 Å². The molecule has 1 rings (SSSR count). The molecule has 1 fully saturated rings. The van der Waals surface area contributed by atoms with Gasteiger partial charge in [-0.3, -0.25) is 9.69 Å². The molecule has 7 heteroatoms. The zero-order chi connectivity index (χ0) is 12.3. The molecule has 0 aromatic heterocycles. The standard InChI is InChI=1S/C9H19N3O3S/c1-3-8(9(10)13)11-4-6-12(7-5-11)16(2,14)15/h8H,3-7H2,1-2H3,(H2,10,13). The first-order valence-corrected chi connectivity index (χ1v) is 7.19. The van der Waals surface area contributed by atoms with Crippen LogP contribution in [0.25, 0.3) is 0 Å². The van der Waals surface area contributed by atoms with Crippen LogP contribution < -0.4 is 5.73 Å². The Balaban J connectivity index is 2.58. The van der Waals surface area contributed by atoms with Crippen LogP contribution in [0.4, 0.5) is 0 Å². The van der Waals surface area contributed by atoms with E-state index in [4.69, 9.17) is 5.73 Å². The van der Waals surface area contributed by atoms with Gasteiger partial charge >= 0.3 is 0 Å². The SMILES string of the molecule is CCC(C(N)=O)N1CCN(S(C)(=O)=O)CC1. The quantitative estimate of drug-likeness (QED) is 0.680. The van der Waals surface area contributed by atoms with Gasteiger partial charge in [0.15, 0.2) is 0 Å². The van der Waals surface area contributed by atoms with Crippen molar-refractivity contribution >= 4 is 15.9 Å². The molecule has 1 unspecified atom stereocenters. The minimum atomic E-state index is -3.11. The average Bonchev–Trinajstić information content (AvgIpc) is 2.17. The normalized spacial score (nSPS) is 21.9. The van der Waals surface area contributed by atoms with Crippen LogP contribution in [0.15, 0.2) is 0 Å². The van der Waals surface area contributed by atoms with Crippen LogP contribution in [0.3, 0.4) is 0 Å². The predicted octanol–water partition coefficient (Wildman–Crippen LogP) is -1.17. The molecule has 0 bridgehead atoms. The third-order valence-corrected chi connectivity index (χ3v) is 4.20. The number of hydrogen-bond acceptors (Lipinski definition) is 4. The van der Waals surface area contributed by atoms with Gasteiger partial charge in [0.1, 0.15) is 0 Å². The summed E-state index contributed by atoms with van der Waals surface area (Å²) in [4.78, 5) is 13.1. The number of carbonyl (C=O) groups excluding carboxylic acids is 1. The third-order valence-electron chi connectivity index (χ3n) is 2.90. The van der Waals surface area contributed by atoms with Gasteiger partial charge in [0.25, 0.3) is 0 Å². The Kier molecular flexibility index (Phi) is 4.28. The predicted molar refractivity (Wildman–Crippen MR) is 61.3 cm³/mol. The summed E-state index contributed by atoms with van der Waals surface area (Å²) in [6.45, 7) is 3.90. The van der Waals surface area contributed by atoms with Gasteiger partial charge in [-0.25, -0.2) is 8.42 Å². The molecule has 0 radical (unpaired) electrons. The molecule has 6 nitrogen and oxygen atoms in total. The number of nitrogens with zero attached hydrogens (tertiary/aromatic N) is 2. The third kappa shape index (κ3) is 3.16. The van der Waals surface area contributed by atoms with E-state index in [1.807, 2.05) is 11.8 Å². The second-order valence-corrected chi connectivity index (χ2v) is 6.01. The number of rotatable bonds is 4. The second kappa shape index (κ2) is 5.11. The van der Waals surface area contributed by atoms with Gasteiger partial charge in [-0.05, 0) is 6.42 Å². The van der Waals surface area contributed by atoms with Gasteiger partial charge in [-0.2, -0.15) is 4.31 Å². The molecule has 1 heterocycles. The van der Waals surface area contributed by atoms with E-state index in [9.17, 15) is 13.2 Å². The zero-order valence-electron chi connectivity index (χ0n) is 9.72. The maximum absolute atomic E-state index is 11.3. The summed E-state index contributed by atoms with van der Waals surface area (Å²) in [5.41, 5.74) is 5.29. The molecule has 2 N–H and O–H groups in total. The molecule has 1 saturated heterocycles. The number of hydrogen-bond donors (Lipinski definition) is 1. The van der Waals surface area contributed by atoms with Crippen molar-refractivity contribution in [2.45, 2.75) is 19.4 Å². The summed E-state index contributed by atoms with van der Waals surface area (Å²) in [7, 11) is -3.11. The van der Waals surface area contributed by atoms with Gasteiger partial charge < -0.3 is 5.73 Å². The van der Waals surface area contributed by atoms with E-state index < -0.39 is 10.0 Å². The Bertz CT molecular complexity index is 347. The summed E-state index contributed by atoms with van der Waals surface area (Å²) >= 11 is 0. The molecule has 0 spiro atoms. The van der Waals surface area contributed by atoms with E-state index >= 15 is 0 Å². The fourth-order valence-corrected chi connectivity index (χ4v) is 2.81. The molecule has 0 saturated carbocycles. The first-order valence-electron chi connectivity index (χ1n) is 5.34. The molecule has 1 aliphatic rings. The maximum atomic E-state index is 11.3. The number of sulfonamides is 1. The molecular formula is C9H19N3O3S. The largest absolute Gasteiger partial charge is 0.368 e. The summed E-state index contributed by atoms with van der Waals surface area (Å²) in [6, 6.07) is -0.276. The van der Waals surface area contributed by atoms with Crippen molar-refractivity contribution in [2.75, 3.05) is 32.4 Å². The fraction of sp³-hybridized carbons (Fsp3) is 0.889. The molecule has 0 aromatic rings. The Labute approximate surface area is 96.4 Å². The van der Waals surface area contributed by atoms with Gasteiger partial charge in [0, 0.05) is 26.2 Å². The summed E-state index contributed by atoms with van der Waals surface area (Å²) in [5.74, 6) is -0.338. The van der Waals surface area contributed by atoms with E-state index in [0.717, 1.165) is 0 Å². The number of primary amides is 1. The highest BCUT2D eigenvalue weighted by Crippen LogP contribution is 2.11. The average molecular weight is 249 g/mol. The highest BCUT2D eigenvalue weighted by atomic mass is 32.2. The van der Waals surface area contributed by atoms with Crippen molar-refractivity contribution in [3.05, 3.63) is 0 Å².